The van der Waals surface area contributed by atoms with Crippen LogP contribution >= 0.6 is 0 Å². The smallest absolute Gasteiger partial charge is 0.253 e. The van der Waals surface area contributed by atoms with E-state index in [-0.39, 0.29) is 20.1 Å². The van der Waals surface area contributed by atoms with Crippen molar-refractivity contribution in [1.29, 1.82) is 0 Å². The van der Waals surface area contributed by atoms with Gasteiger partial charge in [-0.2, -0.15) is 0 Å². The van der Waals surface area contributed by atoms with Gasteiger partial charge in [-0.15, -0.1) is 0 Å². The molecule has 4 heteroatoms. The number of rotatable bonds is 3. The Bertz CT molecular complexity index is 1380. The van der Waals surface area contributed by atoms with Crippen LogP contribution in [0.4, 0.5) is 0 Å². The molecule has 0 amide bonds. The van der Waals surface area contributed by atoms with Crippen molar-refractivity contribution < 1.29 is 20.1 Å². The Kier molecular flexibility index (Phi) is 12.1. The Morgan fingerprint density at radius 2 is 0.550 bits per heavy atom. The molecule has 0 fully saturated rings. The summed E-state index contributed by atoms with van der Waals surface area (Å²) < 4.78 is 0. The van der Waals surface area contributed by atoms with E-state index in [1.165, 1.54) is 16.7 Å². The first kappa shape index (κ1) is 30.3. The predicted octanol–water partition coefficient (Wildman–Crippen LogP) is 9.17. The van der Waals surface area contributed by atoms with Crippen molar-refractivity contribution >= 4 is 0 Å². The van der Waals surface area contributed by atoms with Gasteiger partial charge >= 0.3 is 20.1 Å². The maximum atomic E-state index is 4.44. The fraction of sp³-hybridized carbons (Fsp3) is 0.0833. The summed E-state index contributed by atoms with van der Waals surface area (Å²) in [6, 6.07) is 48.8. The fourth-order valence-corrected chi connectivity index (χ4v) is 3.94. The van der Waals surface area contributed by atoms with Crippen LogP contribution in [-0.2, 0) is 20.1 Å². The molecule has 0 aliphatic carbocycles. The van der Waals surface area contributed by atoms with Crippen LogP contribution < -0.4 is 0 Å². The van der Waals surface area contributed by atoms with E-state index in [1.807, 2.05) is 130 Å². The number of benzene rings is 3. The topological polar surface area (TPSA) is 38.7 Å². The molecule has 3 aromatic carbocycles. The second-order valence-corrected chi connectivity index (χ2v) is 9.09. The minimum absolute atomic E-state index is 0. The first-order valence-electron chi connectivity index (χ1n) is 13.1. The van der Waals surface area contributed by atoms with Crippen LogP contribution in [0.3, 0.4) is 0 Å². The number of aryl methyl sites for hydroxylation is 3. The van der Waals surface area contributed by atoms with Crippen molar-refractivity contribution in [2.24, 2.45) is 0 Å². The largest absolute Gasteiger partial charge is 3.00 e. The molecular weight excluding hydrogens is 667 g/mol. The van der Waals surface area contributed by atoms with Crippen LogP contribution in [0.25, 0.3) is 33.8 Å². The molecule has 198 valence electrons. The summed E-state index contributed by atoms with van der Waals surface area (Å²) in [5.74, 6) is 0. The van der Waals surface area contributed by atoms with E-state index in [2.05, 4.69) is 51.4 Å². The van der Waals surface area contributed by atoms with Gasteiger partial charge in [0.1, 0.15) is 0 Å². The minimum Gasteiger partial charge on any atom is -0.253 e. The van der Waals surface area contributed by atoms with E-state index >= 15 is 0 Å². The maximum Gasteiger partial charge on any atom is 3.00 e. The number of nitrogens with zero attached hydrogens (tertiary/aromatic N) is 3. The first-order chi connectivity index (χ1) is 19.1. The fourth-order valence-electron chi connectivity index (χ4n) is 3.94. The summed E-state index contributed by atoms with van der Waals surface area (Å²) in [5.41, 5.74) is 9.81. The third-order valence-electron chi connectivity index (χ3n) is 5.87. The Morgan fingerprint density at radius 3 is 0.775 bits per heavy atom. The molecule has 0 saturated carbocycles. The van der Waals surface area contributed by atoms with E-state index in [4.69, 9.17) is 0 Å². The molecule has 0 bridgehead atoms. The molecule has 0 aliphatic rings. The zero-order valence-electron chi connectivity index (χ0n) is 23.0. The van der Waals surface area contributed by atoms with Crippen molar-refractivity contribution in [3.8, 4) is 33.8 Å². The molecule has 0 saturated heterocycles. The van der Waals surface area contributed by atoms with E-state index in [0.717, 1.165) is 34.2 Å². The first-order valence-corrected chi connectivity index (χ1v) is 13.1. The van der Waals surface area contributed by atoms with E-state index < -0.39 is 0 Å². The average Bonchev–Trinajstić information content (AvgIpc) is 2.99. The van der Waals surface area contributed by atoms with Crippen molar-refractivity contribution in [1.82, 2.24) is 15.0 Å². The van der Waals surface area contributed by atoms with Crippen LogP contribution in [-0.4, -0.2) is 15.0 Å². The van der Waals surface area contributed by atoms with Crippen LogP contribution in [0.15, 0.2) is 146 Å². The molecule has 0 radical (unpaired) electrons. The molecule has 0 N–H and O–H groups in total. The standard InChI is InChI=1S/3C12H11N.Ir/c3*1-10-6-5-9-12(13-10)11-7-3-2-4-8-11;/h3*2-9H,1H3;/q;;;+3. The van der Waals surface area contributed by atoms with Crippen LogP contribution in [0.2, 0.25) is 0 Å². The third kappa shape index (κ3) is 9.50. The second kappa shape index (κ2) is 16.0. The predicted molar refractivity (Wildman–Crippen MR) is 163 cm³/mol. The van der Waals surface area contributed by atoms with Gasteiger partial charge in [-0.05, 0) is 57.2 Å². The van der Waals surface area contributed by atoms with Gasteiger partial charge < -0.3 is 0 Å². The molecule has 0 unspecified atom stereocenters. The molecule has 3 nitrogen and oxygen atoms in total. The molecule has 0 aliphatic heterocycles. The Balaban J connectivity index is 0.000000163. The number of aromatic nitrogens is 3. The molecule has 6 aromatic rings. The summed E-state index contributed by atoms with van der Waals surface area (Å²) in [6.07, 6.45) is 0. The number of hydrogen-bond donors (Lipinski definition) is 0. The monoisotopic (exact) mass is 700 g/mol. The van der Waals surface area contributed by atoms with E-state index in [1.54, 1.807) is 0 Å². The quantitative estimate of drug-likeness (QED) is 0.185. The van der Waals surface area contributed by atoms with Crippen LogP contribution in [0.1, 0.15) is 17.1 Å². The molecule has 0 atom stereocenters. The SMILES string of the molecule is Cc1cccc(-c2ccccc2)n1.Cc1cccc(-c2ccccc2)n1.Cc1cccc(-c2ccccc2)n1.[Ir+3]. The zero-order valence-corrected chi connectivity index (χ0v) is 25.4. The third-order valence-corrected chi connectivity index (χ3v) is 5.87. The van der Waals surface area contributed by atoms with Crippen molar-refractivity contribution in [3.05, 3.63) is 163 Å². The molecule has 40 heavy (non-hydrogen) atoms. The maximum absolute atomic E-state index is 4.44. The summed E-state index contributed by atoms with van der Waals surface area (Å²) >= 11 is 0. The van der Waals surface area contributed by atoms with E-state index in [0.29, 0.717) is 0 Å². The number of hydrogen-bond acceptors (Lipinski definition) is 3. The van der Waals surface area contributed by atoms with E-state index in [9.17, 15) is 0 Å². The molecular formula is C36H33IrN3+3. The molecule has 6 rings (SSSR count). The molecule has 3 aromatic heterocycles. The zero-order chi connectivity index (χ0) is 27.3. The van der Waals surface area contributed by atoms with Gasteiger partial charge in [-0.3, -0.25) is 15.0 Å². The van der Waals surface area contributed by atoms with Gasteiger partial charge in [0.05, 0.1) is 17.1 Å². The van der Waals surface area contributed by atoms with Gasteiger partial charge in [0.25, 0.3) is 0 Å². The number of pyridine rings is 3. The van der Waals surface area contributed by atoms with Crippen molar-refractivity contribution in [2.75, 3.05) is 0 Å². The van der Waals surface area contributed by atoms with Gasteiger partial charge in [-0.25, -0.2) is 0 Å². The summed E-state index contributed by atoms with van der Waals surface area (Å²) in [4.78, 5) is 13.3. The summed E-state index contributed by atoms with van der Waals surface area (Å²) in [6.45, 7) is 6.02. The average molecular weight is 700 g/mol. The summed E-state index contributed by atoms with van der Waals surface area (Å²) in [7, 11) is 0. The molecule has 0 spiro atoms. The van der Waals surface area contributed by atoms with Gasteiger partial charge in [-0.1, -0.05) is 109 Å². The van der Waals surface area contributed by atoms with Crippen LogP contribution in [0.5, 0.6) is 0 Å². The Labute approximate surface area is 251 Å². The van der Waals surface area contributed by atoms with Gasteiger partial charge in [0.15, 0.2) is 0 Å². The van der Waals surface area contributed by atoms with Crippen LogP contribution in [0, 0.1) is 20.8 Å². The summed E-state index contributed by atoms with van der Waals surface area (Å²) in [5, 5.41) is 0. The molecule has 3 heterocycles. The Morgan fingerprint density at radius 1 is 0.300 bits per heavy atom. The van der Waals surface area contributed by atoms with Crippen molar-refractivity contribution in [3.63, 3.8) is 0 Å². The Hall–Kier alpha value is -4.24. The second-order valence-electron chi connectivity index (χ2n) is 9.09. The normalized spacial score (nSPS) is 9.68. The van der Waals surface area contributed by atoms with Gasteiger partial charge in [0.2, 0.25) is 0 Å². The van der Waals surface area contributed by atoms with Crippen molar-refractivity contribution in [2.45, 2.75) is 20.8 Å². The van der Waals surface area contributed by atoms with Gasteiger partial charge in [0, 0.05) is 33.8 Å². The minimum atomic E-state index is 0.